The molecule has 0 bridgehead atoms. The van der Waals surface area contributed by atoms with E-state index in [0.29, 0.717) is 0 Å². The molecule has 0 nitrogen and oxygen atoms in total. The molecule has 0 aromatic heterocycles. The monoisotopic (exact) mass is 220 g/mol. The first-order valence-corrected chi connectivity index (χ1v) is 6.86. The van der Waals surface area contributed by atoms with Crippen LogP contribution < -0.4 is 0 Å². The van der Waals surface area contributed by atoms with E-state index >= 15 is 0 Å². The lowest BCUT2D eigenvalue weighted by Crippen LogP contribution is -1.88. The summed E-state index contributed by atoms with van der Waals surface area (Å²) in [4.78, 5) is 0. The van der Waals surface area contributed by atoms with Gasteiger partial charge in [0.05, 0.1) is 0 Å². The summed E-state index contributed by atoms with van der Waals surface area (Å²) in [5, 5.41) is 0. The maximum absolute atomic E-state index is 2.23. The Morgan fingerprint density at radius 2 is 1.06 bits per heavy atom. The van der Waals surface area contributed by atoms with Crippen LogP contribution in [0.1, 0.15) is 64.5 Å². The molecule has 0 amide bonds. The van der Waals surface area contributed by atoms with Crippen molar-refractivity contribution >= 4 is 0 Å². The summed E-state index contributed by atoms with van der Waals surface area (Å²) in [5.74, 6) is 0. The summed E-state index contributed by atoms with van der Waals surface area (Å²) in [7, 11) is 0. The molecule has 0 atom stereocenters. The van der Waals surface area contributed by atoms with Crippen molar-refractivity contribution in [1.29, 1.82) is 0 Å². The lowest BCUT2D eigenvalue weighted by atomic mass is 10.0. The largest absolute Gasteiger partial charge is 0.0654 e. The molecule has 0 aliphatic carbocycles. The molecule has 0 heterocycles. The molecule has 1 rings (SSSR count). The molecular weight excluding hydrogens is 192 g/mol. The average Bonchev–Trinajstić information content (AvgIpc) is 2.36. The fraction of sp³-hybridized carbons (Fsp3) is 0.625. The molecule has 0 radical (unpaired) electrons. The Labute approximate surface area is 102 Å². The Hall–Kier alpha value is -0.780. The van der Waals surface area contributed by atoms with E-state index in [1.165, 1.54) is 36.8 Å². The summed E-state index contributed by atoms with van der Waals surface area (Å²) in [6.07, 6.45) is 7.85. The van der Waals surface area contributed by atoms with Gasteiger partial charge >= 0.3 is 0 Å². The molecule has 16 heavy (non-hydrogen) atoms. The number of rotatable bonds is 5. The molecule has 0 aliphatic heterocycles. The molecule has 92 valence electrons. The zero-order valence-corrected chi connectivity index (χ0v) is 11.6. The highest BCUT2D eigenvalue weighted by molar-refractivity contribution is 5.26. The van der Waals surface area contributed by atoms with E-state index in [1.807, 2.05) is 0 Å². The zero-order valence-electron chi connectivity index (χ0n) is 11.6. The van der Waals surface area contributed by atoms with Gasteiger partial charge in [-0.3, -0.25) is 0 Å². The summed E-state index contributed by atoms with van der Waals surface area (Å²) >= 11 is 0. The Kier molecular flexibility index (Phi) is 10.2. The topological polar surface area (TPSA) is 0 Å². The van der Waals surface area contributed by atoms with Crippen LogP contribution in [0.4, 0.5) is 0 Å². The van der Waals surface area contributed by atoms with Crippen molar-refractivity contribution in [3.8, 4) is 0 Å². The van der Waals surface area contributed by atoms with Crippen LogP contribution in [-0.2, 0) is 12.8 Å². The molecule has 0 heteroatoms. The maximum Gasteiger partial charge on any atom is -0.0305 e. The van der Waals surface area contributed by atoms with E-state index in [0.717, 1.165) is 12.8 Å². The minimum atomic E-state index is 1.16. The molecule has 1 aromatic carbocycles. The van der Waals surface area contributed by atoms with Gasteiger partial charge in [0.1, 0.15) is 0 Å². The van der Waals surface area contributed by atoms with Crippen LogP contribution in [0, 0.1) is 0 Å². The molecular formula is C16H28. The number of hydrogen-bond acceptors (Lipinski definition) is 0. The van der Waals surface area contributed by atoms with Gasteiger partial charge in [-0.15, -0.1) is 0 Å². The first-order chi connectivity index (χ1) is 7.79. The smallest absolute Gasteiger partial charge is 0.0305 e. The first kappa shape index (κ1) is 15.2. The minimum absolute atomic E-state index is 1.16. The predicted molar refractivity (Wildman–Crippen MR) is 75.0 cm³/mol. The van der Waals surface area contributed by atoms with Gasteiger partial charge in [-0.1, -0.05) is 77.6 Å². The highest BCUT2D eigenvalue weighted by Gasteiger charge is 1.93. The second-order valence-electron chi connectivity index (χ2n) is 4.18. The average molecular weight is 220 g/mol. The van der Waals surface area contributed by atoms with Gasteiger partial charge in [0, 0.05) is 0 Å². The molecule has 0 fully saturated rings. The van der Waals surface area contributed by atoms with Gasteiger partial charge in [0.15, 0.2) is 0 Å². The zero-order chi connectivity index (χ0) is 12.2. The molecule has 0 aliphatic rings. The van der Waals surface area contributed by atoms with Crippen LogP contribution in [0.2, 0.25) is 0 Å². The molecule has 0 spiro atoms. The SMILES string of the molecule is CCCCCC.CCc1ccccc1CC. The Morgan fingerprint density at radius 1 is 0.688 bits per heavy atom. The van der Waals surface area contributed by atoms with Gasteiger partial charge in [-0.05, 0) is 24.0 Å². The number of aryl methyl sites for hydroxylation is 2. The number of benzene rings is 1. The van der Waals surface area contributed by atoms with Crippen molar-refractivity contribution in [3.63, 3.8) is 0 Å². The second kappa shape index (κ2) is 10.7. The van der Waals surface area contributed by atoms with Crippen molar-refractivity contribution < 1.29 is 0 Å². The molecule has 0 saturated heterocycles. The van der Waals surface area contributed by atoms with E-state index < -0.39 is 0 Å². The predicted octanol–water partition coefficient (Wildman–Crippen LogP) is 5.40. The van der Waals surface area contributed by atoms with Gasteiger partial charge in [-0.2, -0.15) is 0 Å². The van der Waals surface area contributed by atoms with Crippen LogP contribution >= 0.6 is 0 Å². The fourth-order valence-corrected chi connectivity index (χ4v) is 1.75. The number of hydrogen-bond donors (Lipinski definition) is 0. The maximum atomic E-state index is 2.23. The third-order valence-corrected chi connectivity index (χ3v) is 2.84. The first-order valence-electron chi connectivity index (χ1n) is 6.86. The lowest BCUT2D eigenvalue weighted by molar-refractivity contribution is 0.702. The van der Waals surface area contributed by atoms with Crippen molar-refractivity contribution in [1.82, 2.24) is 0 Å². The Morgan fingerprint density at radius 3 is 1.31 bits per heavy atom. The highest BCUT2D eigenvalue weighted by Crippen LogP contribution is 2.08. The fourth-order valence-electron chi connectivity index (χ4n) is 1.75. The standard InChI is InChI=1S/C10H14.C6H14/c1-3-9-7-5-6-8-10(9)4-2;1-3-5-6-4-2/h5-8H,3-4H2,1-2H3;3-6H2,1-2H3. The van der Waals surface area contributed by atoms with Gasteiger partial charge in [0.25, 0.3) is 0 Å². The quantitative estimate of drug-likeness (QED) is 0.583. The summed E-state index contributed by atoms with van der Waals surface area (Å²) < 4.78 is 0. The third kappa shape index (κ3) is 6.66. The van der Waals surface area contributed by atoms with Gasteiger partial charge < -0.3 is 0 Å². The van der Waals surface area contributed by atoms with Crippen LogP contribution in [0.25, 0.3) is 0 Å². The minimum Gasteiger partial charge on any atom is -0.0654 e. The van der Waals surface area contributed by atoms with Crippen molar-refractivity contribution in [2.45, 2.75) is 66.2 Å². The van der Waals surface area contributed by atoms with E-state index in [1.54, 1.807) is 0 Å². The lowest BCUT2D eigenvalue weighted by Gasteiger charge is -2.02. The van der Waals surface area contributed by atoms with Crippen LogP contribution in [-0.4, -0.2) is 0 Å². The van der Waals surface area contributed by atoms with E-state index in [9.17, 15) is 0 Å². The van der Waals surface area contributed by atoms with Crippen molar-refractivity contribution in [2.24, 2.45) is 0 Å². The van der Waals surface area contributed by atoms with Gasteiger partial charge in [-0.25, -0.2) is 0 Å². The summed E-state index contributed by atoms with van der Waals surface area (Å²) in [6.45, 7) is 8.87. The molecule has 0 unspecified atom stereocenters. The van der Waals surface area contributed by atoms with E-state index in [2.05, 4.69) is 52.0 Å². The molecule has 1 aromatic rings. The second-order valence-corrected chi connectivity index (χ2v) is 4.18. The Bertz CT molecular complexity index is 223. The molecule has 0 saturated carbocycles. The van der Waals surface area contributed by atoms with Crippen LogP contribution in [0.15, 0.2) is 24.3 Å². The van der Waals surface area contributed by atoms with E-state index in [4.69, 9.17) is 0 Å². The normalized spacial score (nSPS) is 9.50. The highest BCUT2D eigenvalue weighted by atomic mass is 14.0. The van der Waals surface area contributed by atoms with E-state index in [-0.39, 0.29) is 0 Å². The molecule has 0 N–H and O–H groups in total. The number of unbranched alkanes of at least 4 members (excludes halogenated alkanes) is 3. The van der Waals surface area contributed by atoms with Crippen molar-refractivity contribution in [2.75, 3.05) is 0 Å². The third-order valence-electron chi connectivity index (χ3n) is 2.84. The van der Waals surface area contributed by atoms with Gasteiger partial charge in [0.2, 0.25) is 0 Å². The van der Waals surface area contributed by atoms with Crippen LogP contribution in [0.5, 0.6) is 0 Å². The van der Waals surface area contributed by atoms with Crippen molar-refractivity contribution in [3.05, 3.63) is 35.4 Å². The van der Waals surface area contributed by atoms with Crippen LogP contribution in [0.3, 0.4) is 0 Å². The Balaban J connectivity index is 0.000000325. The summed E-state index contributed by atoms with van der Waals surface area (Å²) in [6, 6.07) is 8.63. The summed E-state index contributed by atoms with van der Waals surface area (Å²) in [5.41, 5.74) is 2.98.